The van der Waals surface area contributed by atoms with Gasteiger partial charge in [-0.3, -0.25) is 10.3 Å². The highest BCUT2D eigenvalue weighted by molar-refractivity contribution is 5.94. The molecule has 0 amide bonds. The molecule has 2 saturated heterocycles. The summed E-state index contributed by atoms with van der Waals surface area (Å²) in [5, 5.41) is 17.4. The molecule has 1 unspecified atom stereocenters. The highest BCUT2D eigenvalue weighted by Crippen LogP contribution is 2.32. The van der Waals surface area contributed by atoms with Crippen LogP contribution in [0.2, 0.25) is 0 Å². The number of nitrogens with one attached hydrogen (secondary N) is 2. The number of halogens is 1. The molecule has 2 aliphatic rings. The SMILES string of the molecule is N#CCCN1CCN(c2cccc(-c3cnc(/C=C\C(=N)N4CCCC4c4cccc(F)c4)[nH]3)n2)CC1. The molecule has 190 valence electrons. The number of imidazole rings is 1. The average molecular weight is 499 g/mol. The van der Waals surface area contributed by atoms with Crippen molar-refractivity contribution in [2.24, 2.45) is 0 Å². The molecular formula is C28H31FN8. The van der Waals surface area contributed by atoms with E-state index in [1.807, 2.05) is 29.2 Å². The van der Waals surface area contributed by atoms with Gasteiger partial charge in [0, 0.05) is 45.7 Å². The topological polar surface area (TPSA) is 98.9 Å². The molecule has 8 nitrogen and oxygen atoms in total. The Morgan fingerprint density at radius 2 is 2.00 bits per heavy atom. The predicted molar refractivity (Wildman–Crippen MR) is 143 cm³/mol. The third kappa shape index (κ3) is 5.87. The molecule has 1 atom stereocenters. The first-order valence-corrected chi connectivity index (χ1v) is 12.8. The van der Waals surface area contributed by atoms with Gasteiger partial charge >= 0.3 is 0 Å². The van der Waals surface area contributed by atoms with Crippen molar-refractivity contribution in [1.82, 2.24) is 24.8 Å². The van der Waals surface area contributed by atoms with E-state index in [-0.39, 0.29) is 11.9 Å². The number of piperazine rings is 1. The van der Waals surface area contributed by atoms with Crippen molar-refractivity contribution >= 4 is 17.7 Å². The van der Waals surface area contributed by atoms with E-state index in [1.165, 1.54) is 6.07 Å². The normalized spacial score (nSPS) is 18.4. The molecule has 0 radical (unpaired) electrons. The fourth-order valence-electron chi connectivity index (χ4n) is 5.08. The fraction of sp³-hybridized carbons (Fsp3) is 0.357. The second kappa shape index (κ2) is 11.4. The van der Waals surface area contributed by atoms with Crippen LogP contribution in [-0.4, -0.2) is 69.9 Å². The number of benzene rings is 1. The standard InChI is InChI=1S/C28H31FN8/c29-22-6-1-5-21(19-22)25-8-3-14-37(25)26(31)10-11-27-32-20-24(33-27)23-7-2-9-28(34-23)36-17-15-35(16-18-36)13-4-12-30/h1-2,5-7,9-11,19-20,25,31H,3-4,8,13-18H2,(H,32,33)/b11-10-,31-26?. The second-order valence-corrected chi connectivity index (χ2v) is 9.42. The molecule has 2 aliphatic heterocycles. The summed E-state index contributed by atoms with van der Waals surface area (Å²) in [5.74, 6) is 1.73. The lowest BCUT2D eigenvalue weighted by Gasteiger charge is -2.35. The second-order valence-electron chi connectivity index (χ2n) is 9.42. The molecule has 5 rings (SSSR count). The van der Waals surface area contributed by atoms with Gasteiger partial charge in [0.25, 0.3) is 0 Å². The Hall–Kier alpha value is -4.03. The number of nitrogens with zero attached hydrogens (tertiary/aromatic N) is 6. The van der Waals surface area contributed by atoms with E-state index in [0.29, 0.717) is 18.1 Å². The van der Waals surface area contributed by atoms with Crippen LogP contribution in [0.15, 0.2) is 54.7 Å². The van der Waals surface area contributed by atoms with Crippen LogP contribution < -0.4 is 4.90 Å². The van der Waals surface area contributed by atoms with Gasteiger partial charge in [0.1, 0.15) is 23.3 Å². The number of aromatic nitrogens is 3. The Morgan fingerprint density at radius 3 is 2.81 bits per heavy atom. The van der Waals surface area contributed by atoms with E-state index >= 15 is 0 Å². The van der Waals surface area contributed by atoms with E-state index in [1.54, 1.807) is 30.5 Å². The Labute approximate surface area is 216 Å². The van der Waals surface area contributed by atoms with Crippen molar-refractivity contribution in [2.45, 2.75) is 25.3 Å². The van der Waals surface area contributed by atoms with Gasteiger partial charge in [-0.2, -0.15) is 5.26 Å². The van der Waals surface area contributed by atoms with Gasteiger partial charge in [-0.1, -0.05) is 18.2 Å². The number of pyridine rings is 1. The summed E-state index contributed by atoms with van der Waals surface area (Å²) in [5.41, 5.74) is 2.54. The average Bonchev–Trinajstić information content (AvgIpc) is 3.61. The molecule has 0 aliphatic carbocycles. The van der Waals surface area contributed by atoms with E-state index in [4.69, 9.17) is 15.7 Å². The monoisotopic (exact) mass is 498 g/mol. The van der Waals surface area contributed by atoms with Crippen LogP contribution in [0.1, 0.15) is 36.7 Å². The Kier molecular flexibility index (Phi) is 7.57. The minimum absolute atomic E-state index is 0.0140. The lowest BCUT2D eigenvalue weighted by atomic mass is 10.0. The molecule has 1 aromatic carbocycles. The van der Waals surface area contributed by atoms with E-state index in [0.717, 1.165) is 74.9 Å². The minimum Gasteiger partial charge on any atom is -0.354 e. The van der Waals surface area contributed by atoms with Gasteiger partial charge in [0.15, 0.2) is 0 Å². The van der Waals surface area contributed by atoms with Crippen molar-refractivity contribution in [1.29, 1.82) is 10.7 Å². The summed E-state index contributed by atoms with van der Waals surface area (Å²) in [6.07, 6.45) is 7.75. The van der Waals surface area contributed by atoms with Crippen molar-refractivity contribution in [3.8, 4) is 17.5 Å². The molecule has 0 bridgehead atoms. The van der Waals surface area contributed by atoms with Crippen LogP contribution in [0.4, 0.5) is 10.2 Å². The summed E-state index contributed by atoms with van der Waals surface area (Å²) in [6.45, 7) is 5.22. The van der Waals surface area contributed by atoms with Crippen molar-refractivity contribution in [2.75, 3.05) is 44.2 Å². The lowest BCUT2D eigenvalue weighted by molar-refractivity contribution is 0.263. The van der Waals surface area contributed by atoms with Gasteiger partial charge in [-0.15, -0.1) is 0 Å². The zero-order chi connectivity index (χ0) is 25.6. The van der Waals surface area contributed by atoms with Crippen LogP contribution >= 0.6 is 0 Å². The summed E-state index contributed by atoms with van der Waals surface area (Å²) in [4.78, 5) is 19.2. The van der Waals surface area contributed by atoms with Crippen molar-refractivity contribution in [3.63, 3.8) is 0 Å². The number of rotatable bonds is 7. The number of nitriles is 1. The van der Waals surface area contributed by atoms with Crippen LogP contribution in [0.3, 0.4) is 0 Å². The molecule has 3 aromatic rings. The van der Waals surface area contributed by atoms with Crippen LogP contribution in [0, 0.1) is 22.6 Å². The number of likely N-dealkylation sites (tertiary alicyclic amines) is 1. The summed E-state index contributed by atoms with van der Waals surface area (Å²) in [6, 6.07) is 14.9. The molecule has 4 heterocycles. The summed E-state index contributed by atoms with van der Waals surface area (Å²) in [7, 11) is 0. The third-order valence-electron chi connectivity index (χ3n) is 7.04. The minimum atomic E-state index is -0.245. The maximum absolute atomic E-state index is 13.7. The van der Waals surface area contributed by atoms with Crippen LogP contribution in [0.25, 0.3) is 17.5 Å². The van der Waals surface area contributed by atoms with E-state index in [9.17, 15) is 4.39 Å². The molecule has 0 saturated carbocycles. The van der Waals surface area contributed by atoms with Crippen LogP contribution in [-0.2, 0) is 0 Å². The Bertz CT molecular complexity index is 1300. The first-order chi connectivity index (χ1) is 18.1. The summed E-state index contributed by atoms with van der Waals surface area (Å²) < 4.78 is 13.7. The first kappa shape index (κ1) is 24.7. The Morgan fingerprint density at radius 1 is 1.16 bits per heavy atom. The lowest BCUT2D eigenvalue weighted by Crippen LogP contribution is -2.46. The third-order valence-corrected chi connectivity index (χ3v) is 7.04. The highest BCUT2D eigenvalue weighted by atomic mass is 19.1. The smallest absolute Gasteiger partial charge is 0.130 e. The maximum Gasteiger partial charge on any atom is 0.130 e. The van der Waals surface area contributed by atoms with Crippen molar-refractivity contribution < 1.29 is 4.39 Å². The van der Waals surface area contributed by atoms with Crippen molar-refractivity contribution in [3.05, 3.63) is 71.9 Å². The van der Waals surface area contributed by atoms with Crippen LogP contribution in [0.5, 0.6) is 0 Å². The molecular weight excluding hydrogens is 467 g/mol. The Balaban J connectivity index is 1.22. The predicted octanol–water partition coefficient (Wildman–Crippen LogP) is 4.47. The number of hydrogen-bond donors (Lipinski definition) is 2. The fourth-order valence-corrected chi connectivity index (χ4v) is 5.08. The van der Waals surface area contributed by atoms with Gasteiger partial charge in [-0.25, -0.2) is 14.4 Å². The van der Waals surface area contributed by atoms with Gasteiger partial charge in [0.05, 0.1) is 29.7 Å². The van der Waals surface area contributed by atoms with Gasteiger partial charge < -0.3 is 14.8 Å². The zero-order valence-corrected chi connectivity index (χ0v) is 20.8. The molecule has 9 heteroatoms. The molecule has 2 fully saturated rings. The van der Waals surface area contributed by atoms with E-state index < -0.39 is 0 Å². The maximum atomic E-state index is 13.7. The molecule has 2 aromatic heterocycles. The largest absolute Gasteiger partial charge is 0.354 e. The molecule has 0 spiro atoms. The number of H-pyrrole nitrogens is 1. The molecule has 37 heavy (non-hydrogen) atoms. The first-order valence-electron chi connectivity index (χ1n) is 12.8. The zero-order valence-electron chi connectivity index (χ0n) is 20.8. The number of amidine groups is 1. The number of hydrogen-bond acceptors (Lipinski definition) is 6. The molecule has 2 N–H and O–H groups in total. The number of aromatic amines is 1. The van der Waals surface area contributed by atoms with Gasteiger partial charge in [-0.05, 0) is 54.8 Å². The number of anilines is 1. The summed E-state index contributed by atoms with van der Waals surface area (Å²) >= 11 is 0. The highest BCUT2D eigenvalue weighted by Gasteiger charge is 2.27. The quantitative estimate of drug-likeness (QED) is 0.368. The van der Waals surface area contributed by atoms with E-state index in [2.05, 4.69) is 25.8 Å². The van der Waals surface area contributed by atoms with Gasteiger partial charge in [0.2, 0.25) is 0 Å².